The molecule has 1 fully saturated rings. The zero-order valence-electron chi connectivity index (χ0n) is 8.18. The van der Waals surface area contributed by atoms with Gasteiger partial charge in [-0.3, -0.25) is 0 Å². The summed E-state index contributed by atoms with van der Waals surface area (Å²) in [5.41, 5.74) is 0. The topological polar surface area (TPSA) is 54.8 Å². The average molecular weight is 205 g/mol. The van der Waals surface area contributed by atoms with E-state index in [1.54, 1.807) is 6.07 Å². The van der Waals surface area contributed by atoms with Crippen LogP contribution in [-0.2, 0) is 4.74 Å². The molecule has 15 heavy (non-hydrogen) atoms. The van der Waals surface area contributed by atoms with Crippen LogP contribution in [-0.4, -0.2) is 25.9 Å². The number of nitriles is 1. The molecule has 1 saturated heterocycles. The lowest BCUT2D eigenvalue weighted by molar-refractivity contribution is 0.248. The molecule has 1 aliphatic heterocycles. The normalized spacial score (nSPS) is 17.9. The Morgan fingerprint density at radius 1 is 1.33 bits per heavy atom. The fourth-order valence-electron chi connectivity index (χ4n) is 1.15. The third-order valence-electron chi connectivity index (χ3n) is 1.97. The van der Waals surface area contributed by atoms with Crippen LogP contribution >= 0.6 is 0 Å². The molecule has 1 aromatic rings. The van der Waals surface area contributed by atoms with Crippen LogP contribution in [0.4, 0.5) is 0 Å². The van der Waals surface area contributed by atoms with E-state index in [0.29, 0.717) is 18.1 Å². The quantitative estimate of drug-likeness (QED) is 0.681. The summed E-state index contributed by atoms with van der Waals surface area (Å²) in [6, 6.07) is 9.21. The molecule has 1 heterocycles. The van der Waals surface area contributed by atoms with Gasteiger partial charge in [0.25, 0.3) is 0 Å². The van der Waals surface area contributed by atoms with Crippen molar-refractivity contribution in [2.24, 2.45) is 0 Å². The van der Waals surface area contributed by atoms with Crippen LogP contribution in [0.15, 0.2) is 24.3 Å². The second-order valence-corrected chi connectivity index (χ2v) is 3.16. The number of epoxide rings is 1. The van der Waals surface area contributed by atoms with Crippen molar-refractivity contribution in [1.29, 1.82) is 5.26 Å². The molecule has 2 rings (SSSR count). The summed E-state index contributed by atoms with van der Waals surface area (Å²) in [5, 5.41) is 8.41. The summed E-state index contributed by atoms with van der Waals surface area (Å²) in [7, 11) is 0. The maximum absolute atomic E-state index is 8.41. The number of rotatable bonds is 5. The van der Waals surface area contributed by atoms with Crippen molar-refractivity contribution in [3.63, 3.8) is 0 Å². The Balaban J connectivity index is 1.96. The molecule has 0 radical (unpaired) electrons. The number of ether oxygens (including phenoxy) is 3. The Kier molecular flexibility index (Phi) is 3.05. The van der Waals surface area contributed by atoms with E-state index < -0.39 is 0 Å². The molecule has 4 nitrogen and oxygen atoms in total. The van der Waals surface area contributed by atoms with Gasteiger partial charge < -0.3 is 14.2 Å². The first-order valence-electron chi connectivity index (χ1n) is 4.73. The lowest BCUT2D eigenvalue weighted by atomic mass is 10.3. The second kappa shape index (κ2) is 4.67. The maximum Gasteiger partial charge on any atom is 0.174 e. The van der Waals surface area contributed by atoms with Gasteiger partial charge in [-0.25, -0.2) is 0 Å². The van der Waals surface area contributed by atoms with Gasteiger partial charge in [0.1, 0.15) is 18.8 Å². The van der Waals surface area contributed by atoms with Crippen molar-refractivity contribution in [1.82, 2.24) is 0 Å². The number of hydrogen-bond donors (Lipinski definition) is 0. The van der Waals surface area contributed by atoms with E-state index in [4.69, 9.17) is 19.5 Å². The first-order valence-corrected chi connectivity index (χ1v) is 4.73. The summed E-state index contributed by atoms with van der Waals surface area (Å²) in [6.45, 7) is 1.33. The van der Waals surface area contributed by atoms with Gasteiger partial charge in [0, 0.05) is 0 Å². The third kappa shape index (κ3) is 2.86. The fourth-order valence-corrected chi connectivity index (χ4v) is 1.15. The second-order valence-electron chi connectivity index (χ2n) is 3.16. The Labute approximate surface area is 88.0 Å². The molecule has 1 aliphatic rings. The molecule has 0 spiro atoms. The summed E-state index contributed by atoms with van der Waals surface area (Å²) in [6.07, 6.45) is 0.217. The highest BCUT2D eigenvalue weighted by atomic mass is 16.6. The minimum absolute atomic E-state index is 0.0281. The zero-order chi connectivity index (χ0) is 10.5. The number of para-hydroxylation sites is 2. The van der Waals surface area contributed by atoms with E-state index >= 15 is 0 Å². The van der Waals surface area contributed by atoms with Crippen LogP contribution in [0.5, 0.6) is 11.5 Å². The van der Waals surface area contributed by atoms with Crippen molar-refractivity contribution in [3.05, 3.63) is 24.3 Å². The van der Waals surface area contributed by atoms with Gasteiger partial charge in [-0.1, -0.05) is 12.1 Å². The highest BCUT2D eigenvalue weighted by Gasteiger charge is 2.23. The first-order chi connectivity index (χ1) is 7.40. The van der Waals surface area contributed by atoms with Gasteiger partial charge in [0.05, 0.1) is 6.61 Å². The molecule has 4 heteroatoms. The Morgan fingerprint density at radius 3 is 2.60 bits per heavy atom. The first kappa shape index (κ1) is 9.81. The van der Waals surface area contributed by atoms with Crippen molar-refractivity contribution >= 4 is 0 Å². The molecule has 0 N–H and O–H groups in total. The predicted octanol–water partition coefficient (Wildman–Crippen LogP) is 1.37. The number of nitrogens with zero attached hydrogens (tertiary/aromatic N) is 1. The standard InChI is InChI=1S/C11H11NO3/c12-5-6-13-10-3-1-2-4-11(10)15-8-9-7-14-9/h1-4,9H,6-8H2. The Hall–Kier alpha value is -1.73. The van der Waals surface area contributed by atoms with Gasteiger partial charge in [-0.05, 0) is 12.1 Å². The minimum atomic E-state index is 0.0281. The fraction of sp³-hybridized carbons (Fsp3) is 0.364. The van der Waals surface area contributed by atoms with Crippen LogP contribution in [0.25, 0.3) is 0 Å². The number of hydrogen-bond acceptors (Lipinski definition) is 4. The highest BCUT2D eigenvalue weighted by Crippen LogP contribution is 2.27. The van der Waals surface area contributed by atoms with Gasteiger partial charge in [0.15, 0.2) is 18.1 Å². The average Bonchev–Trinajstić information content (AvgIpc) is 3.08. The Morgan fingerprint density at radius 2 is 2.00 bits per heavy atom. The molecule has 0 bridgehead atoms. The molecule has 0 aromatic heterocycles. The molecule has 1 unspecified atom stereocenters. The monoisotopic (exact) mass is 205 g/mol. The largest absolute Gasteiger partial charge is 0.487 e. The van der Waals surface area contributed by atoms with E-state index in [1.807, 2.05) is 24.3 Å². The SMILES string of the molecule is N#CCOc1ccccc1OCC1CO1. The molecule has 1 atom stereocenters. The van der Waals surface area contributed by atoms with E-state index in [0.717, 1.165) is 6.61 Å². The van der Waals surface area contributed by atoms with Crippen LogP contribution in [0, 0.1) is 11.3 Å². The molecular formula is C11H11NO3. The summed E-state index contributed by atoms with van der Waals surface area (Å²) < 4.78 is 15.7. The van der Waals surface area contributed by atoms with Crippen LogP contribution < -0.4 is 9.47 Å². The van der Waals surface area contributed by atoms with Crippen molar-refractivity contribution in [2.75, 3.05) is 19.8 Å². The van der Waals surface area contributed by atoms with E-state index in [2.05, 4.69) is 0 Å². The molecule has 78 valence electrons. The van der Waals surface area contributed by atoms with E-state index in [9.17, 15) is 0 Å². The smallest absolute Gasteiger partial charge is 0.174 e. The minimum Gasteiger partial charge on any atom is -0.487 e. The molecule has 1 aromatic carbocycles. The van der Waals surface area contributed by atoms with E-state index in [1.165, 1.54) is 0 Å². The lowest BCUT2D eigenvalue weighted by Gasteiger charge is -2.09. The molecule has 0 saturated carbocycles. The third-order valence-corrected chi connectivity index (χ3v) is 1.97. The van der Waals surface area contributed by atoms with Gasteiger partial charge >= 0.3 is 0 Å². The van der Waals surface area contributed by atoms with E-state index in [-0.39, 0.29) is 12.7 Å². The van der Waals surface area contributed by atoms with Crippen LogP contribution in [0.2, 0.25) is 0 Å². The van der Waals surface area contributed by atoms with Crippen LogP contribution in [0.3, 0.4) is 0 Å². The molecule has 0 amide bonds. The van der Waals surface area contributed by atoms with Crippen molar-refractivity contribution in [3.8, 4) is 17.6 Å². The van der Waals surface area contributed by atoms with Gasteiger partial charge in [-0.15, -0.1) is 0 Å². The van der Waals surface area contributed by atoms with Gasteiger partial charge in [0.2, 0.25) is 0 Å². The van der Waals surface area contributed by atoms with Crippen molar-refractivity contribution in [2.45, 2.75) is 6.10 Å². The summed E-state index contributed by atoms with van der Waals surface area (Å²) in [5.74, 6) is 1.25. The summed E-state index contributed by atoms with van der Waals surface area (Å²) >= 11 is 0. The maximum atomic E-state index is 8.41. The number of benzene rings is 1. The molecular weight excluding hydrogens is 194 g/mol. The van der Waals surface area contributed by atoms with Gasteiger partial charge in [-0.2, -0.15) is 5.26 Å². The lowest BCUT2D eigenvalue weighted by Crippen LogP contribution is -2.05. The van der Waals surface area contributed by atoms with Crippen LogP contribution in [0.1, 0.15) is 0 Å². The molecule has 0 aliphatic carbocycles. The van der Waals surface area contributed by atoms with Crippen molar-refractivity contribution < 1.29 is 14.2 Å². The predicted molar refractivity (Wildman–Crippen MR) is 52.8 cm³/mol. The zero-order valence-corrected chi connectivity index (χ0v) is 8.18. The summed E-state index contributed by atoms with van der Waals surface area (Å²) in [4.78, 5) is 0. The highest BCUT2D eigenvalue weighted by molar-refractivity contribution is 5.39. The Bertz CT molecular complexity index is 368.